The Hall–Kier alpha value is -0.610. The van der Waals surface area contributed by atoms with Gasteiger partial charge in [0.15, 0.2) is 0 Å². The molecule has 0 aliphatic carbocycles. The molecule has 3 aliphatic heterocycles. The smallest absolute Gasteiger partial charge is 0.220 e. The average molecular weight is 293 g/mol. The Labute approximate surface area is 129 Å². The summed E-state index contributed by atoms with van der Waals surface area (Å²) in [6.07, 6.45) is 9.65. The Morgan fingerprint density at radius 1 is 1.19 bits per heavy atom. The number of nitrogens with one attached hydrogen (secondary N) is 2. The SMILES string of the molecule is CCN1CCCCC1CNC(=O)CC1CC2CCC(C1)N2. The normalized spacial score (nSPS) is 36.6. The van der Waals surface area contributed by atoms with Crippen molar-refractivity contribution in [3.63, 3.8) is 0 Å². The van der Waals surface area contributed by atoms with Crippen LogP contribution in [0.15, 0.2) is 0 Å². The van der Waals surface area contributed by atoms with E-state index in [4.69, 9.17) is 0 Å². The predicted molar refractivity (Wildman–Crippen MR) is 85.2 cm³/mol. The topological polar surface area (TPSA) is 44.4 Å². The first kappa shape index (κ1) is 15.3. The van der Waals surface area contributed by atoms with Crippen LogP contribution < -0.4 is 10.6 Å². The van der Waals surface area contributed by atoms with Crippen molar-refractivity contribution < 1.29 is 4.79 Å². The molecule has 120 valence electrons. The van der Waals surface area contributed by atoms with Crippen molar-refractivity contribution in [2.24, 2.45) is 5.92 Å². The van der Waals surface area contributed by atoms with E-state index in [-0.39, 0.29) is 5.91 Å². The Kier molecular flexibility index (Phi) is 5.17. The zero-order chi connectivity index (χ0) is 14.7. The van der Waals surface area contributed by atoms with Crippen LogP contribution in [0.3, 0.4) is 0 Å². The molecule has 3 aliphatic rings. The molecule has 3 saturated heterocycles. The summed E-state index contributed by atoms with van der Waals surface area (Å²) < 4.78 is 0. The number of carbonyl (C=O) groups is 1. The number of fused-ring (bicyclic) bond motifs is 2. The maximum atomic E-state index is 12.2. The van der Waals surface area contributed by atoms with Gasteiger partial charge in [-0.1, -0.05) is 13.3 Å². The molecule has 0 radical (unpaired) electrons. The second kappa shape index (κ2) is 7.10. The number of piperidine rings is 2. The number of carbonyl (C=O) groups excluding carboxylic acids is 1. The first-order chi connectivity index (χ1) is 10.2. The van der Waals surface area contributed by atoms with Crippen LogP contribution in [0.25, 0.3) is 0 Å². The molecule has 4 heteroatoms. The highest BCUT2D eigenvalue weighted by molar-refractivity contribution is 5.76. The molecule has 3 fully saturated rings. The minimum Gasteiger partial charge on any atom is -0.355 e. The van der Waals surface area contributed by atoms with Crippen molar-refractivity contribution in [1.82, 2.24) is 15.5 Å². The van der Waals surface area contributed by atoms with Gasteiger partial charge in [0.2, 0.25) is 5.91 Å². The lowest BCUT2D eigenvalue weighted by Crippen LogP contribution is -2.47. The predicted octanol–water partition coefficient (Wildman–Crippen LogP) is 1.90. The Bertz CT molecular complexity index is 348. The molecular formula is C17H31N3O. The van der Waals surface area contributed by atoms with Crippen molar-refractivity contribution in [3.8, 4) is 0 Å². The third kappa shape index (κ3) is 3.98. The first-order valence-corrected chi connectivity index (χ1v) is 9.01. The van der Waals surface area contributed by atoms with Gasteiger partial charge in [0, 0.05) is 31.1 Å². The summed E-state index contributed by atoms with van der Waals surface area (Å²) in [5.74, 6) is 0.889. The van der Waals surface area contributed by atoms with Gasteiger partial charge in [-0.3, -0.25) is 9.69 Å². The van der Waals surface area contributed by atoms with E-state index in [2.05, 4.69) is 22.5 Å². The molecule has 0 aromatic rings. The van der Waals surface area contributed by atoms with Crippen LogP contribution in [0.1, 0.15) is 58.3 Å². The summed E-state index contributed by atoms with van der Waals surface area (Å²) >= 11 is 0. The Morgan fingerprint density at radius 2 is 1.95 bits per heavy atom. The lowest BCUT2D eigenvalue weighted by atomic mass is 9.89. The summed E-state index contributed by atoms with van der Waals surface area (Å²) in [6.45, 7) is 5.39. The molecule has 0 spiro atoms. The minimum atomic E-state index is 0.280. The van der Waals surface area contributed by atoms with Crippen molar-refractivity contribution in [3.05, 3.63) is 0 Å². The van der Waals surface area contributed by atoms with Crippen molar-refractivity contribution in [2.45, 2.75) is 76.4 Å². The Balaban J connectivity index is 1.40. The molecule has 0 aromatic carbocycles. The lowest BCUT2D eigenvalue weighted by molar-refractivity contribution is -0.122. The van der Waals surface area contributed by atoms with Crippen molar-refractivity contribution in [2.75, 3.05) is 19.6 Å². The Morgan fingerprint density at radius 3 is 2.67 bits per heavy atom. The largest absolute Gasteiger partial charge is 0.355 e. The van der Waals surface area contributed by atoms with Crippen LogP contribution in [-0.4, -0.2) is 48.6 Å². The highest BCUT2D eigenvalue weighted by atomic mass is 16.1. The van der Waals surface area contributed by atoms with Gasteiger partial charge in [0.25, 0.3) is 0 Å². The first-order valence-electron chi connectivity index (χ1n) is 9.01. The molecule has 3 rings (SSSR count). The number of likely N-dealkylation sites (tertiary alicyclic amines) is 1. The van der Waals surface area contributed by atoms with Gasteiger partial charge in [-0.25, -0.2) is 0 Å². The highest BCUT2D eigenvalue weighted by Crippen LogP contribution is 2.32. The van der Waals surface area contributed by atoms with Crippen molar-refractivity contribution in [1.29, 1.82) is 0 Å². The molecule has 3 unspecified atom stereocenters. The number of rotatable bonds is 5. The molecule has 2 bridgehead atoms. The molecule has 3 atom stereocenters. The second-order valence-corrected chi connectivity index (χ2v) is 7.26. The van der Waals surface area contributed by atoms with E-state index in [0.717, 1.165) is 19.5 Å². The third-order valence-corrected chi connectivity index (χ3v) is 5.73. The molecule has 0 saturated carbocycles. The monoisotopic (exact) mass is 293 g/mol. The van der Waals surface area contributed by atoms with E-state index >= 15 is 0 Å². The van der Waals surface area contributed by atoms with E-state index in [1.807, 2.05) is 0 Å². The molecule has 2 N–H and O–H groups in total. The van der Waals surface area contributed by atoms with E-state index < -0.39 is 0 Å². The zero-order valence-corrected chi connectivity index (χ0v) is 13.4. The highest BCUT2D eigenvalue weighted by Gasteiger charge is 2.34. The van der Waals surface area contributed by atoms with Gasteiger partial charge in [0.05, 0.1) is 0 Å². The van der Waals surface area contributed by atoms with Crippen LogP contribution in [-0.2, 0) is 4.79 Å². The van der Waals surface area contributed by atoms with Crippen LogP contribution in [0, 0.1) is 5.92 Å². The molecule has 0 aromatic heterocycles. The van der Waals surface area contributed by atoms with Gasteiger partial charge in [-0.2, -0.15) is 0 Å². The fourth-order valence-corrected chi connectivity index (χ4v) is 4.62. The van der Waals surface area contributed by atoms with E-state index in [0.29, 0.717) is 24.0 Å². The van der Waals surface area contributed by atoms with Gasteiger partial charge >= 0.3 is 0 Å². The van der Waals surface area contributed by atoms with E-state index in [1.165, 1.54) is 51.5 Å². The standard InChI is InChI=1S/C17H31N3O/c1-2-20-8-4-3-5-16(20)12-18-17(21)11-13-9-14-6-7-15(10-13)19-14/h13-16,19H,2-12H2,1H3,(H,18,21). The quantitative estimate of drug-likeness (QED) is 0.814. The van der Waals surface area contributed by atoms with Crippen molar-refractivity contribution >= 4 is 5.91 Å². The fraction of sp³-hybridized carbons (Fsp3) is 0.941. The van der Waals surface area contributed by atoms with Crippen LogP contribution in [0.4, 0.5) is 0 Å². The van der Waals surface area contributed by atoms with Gasteiger partial charge in [0.1, 0.15) is 0 Å². The van der Waals surface area contributed by atoms with Crippen LogP contribution in [0.2, 0.25) is 0 Å². The summed E-state index contributed by atoms with van der Waals surface area (Å²) in [5.41, 5.74) is 0. The van der Waals surface area contributed by atoms with Gasteiger partial charge in [-0.05, 0) is 57.5 Å². The summed E-state index contributed by atoms with van der Waals surface area (Å²) in [4.78, 5) is 14.8. The maximum absolute atomic E-state index is 12.2. The average Bonchev–Trinajstić information content (AvgIpc) is 2.84. The molecule has 1 amide bonds. The summed E-state index contributed by atoms with van der Waals surface area (Å²) in [7, 11) is 0. The second-order valence-electron chi connectivity index (χ2n) is 7.26. The number of amides is 1. The number of likely N-dealkylation sites (N-methyl/N-ethyl adjacent to an activating group) is 1. The van der Waals surface area contributed by atoms with Gasteiger partial charge < -0.3 is 10.6 Å². The molecule has 21 heavy (non-hydrogen) atoms. The van der Waals surface area contributed by atoms with Crippen LogP contribution >= 0.6 is 0 Å². The summed E-state index contributed by atoms with van der Waals surface area (Å²) in [5, 5.41) is 6.87. The van der Waals surface area contributed by atoms with Gasteiger partial charge in [-0.15, -0.1) is 0 Å². The molecule has 4 nitrogen and oxygen atoms in total. The van der Waals surface area contributed by atoms with E-state index in [9.17, 15) is 4.79 Å². The zero-order valence-electron chi connectivity index (χ0n) is 13.4. The third-order valence-electron chi connectivity index (χ3n) is 5.73. The maximum Gasteiger partial charge on any atom is 0.220 e. The lowest BCUT2D eigenvalue weighted by Gasteiger charge is -2.35. The summed E-state index contributed by atoms with van der Waals surface area (Å²) in [6, 6.07) is 1.95. The number of nitrogens with zero attached hydrogens (tertiary/aromatic N) is 1. The van der Waals surface area contributed by atoms with Crippen LogP contribution in [0.5, 0.6) is 0 Å². The number of hydrogen-bond acceptors (Lipinski definition) is 3. The molecule has 3 heterocycles. The molecular weight excluding hydrogens is 262 g/mol. The van der Waals surface area contributed by atoms with E-state index in [1.54, 1.807) is 0 Å². The fourth-order valence-electron chi connectivity index (χ4n) is 4.62. The number of hydrogen-bond donors (Lipinski definition) is 2. The minimum absolute atomic E-state index is 0.280.